The van der Waals surface area contributed by atoms with Gasteiger partial charge >= 0.3 is 0 Å². The smallest absolute Gasteiger partial charge is 0.276 e. The molecule has 3 aromatic carbocycles. The van der Waals surface area contributed by atoms with Gasteiger partial charge in [0.25, 0.3) is 5.91 Å². The number of carbonyl (C=O) groups excluding carboxylic acids is 2. The van der Waals surface area contributed by atoms with Crippen LogP contribution in [0.1, 0.15) is 27.0 Å². The molecule has 0 bridgehead atoms. The summed E-state index contributed by atoms with van der Waals surface area (Å²) in [6.07, 6.45) is 0. The van der Waals surface area contributed by atoms with E-state index in [9.17, 15) is 9.59 Å². The molecule has 1 aliphatic heterocycles. The van der Waals surface area contributed by atoms with Crippen molar-refractivity contribution in [1.82, 2.24) is 0 Å². The number of rotatable bonds is 4. The number of hydrogen-bond donors (Lipinski definition) is 1. The summed E-state index contributed by atoms with van der Waals surface area (Å²) in [4.78, 5) is 25.4. The Labute approximate surface area is 162 Å². The normalized spacial score (nSPS) is 14.7. The van der Waals surface area contributed by atoms with Crippen molar-refractivity contribution >= 4 is 28.8 Å². The molecule has 0 saturated carbocycles. The largest absolute Gasteiger partial charge is 0.320 e. The van der Waals surface area contributed by atoms with Crippen molar-refractivity contribution in [3.63, 3.8) is 0 Å². The second kappa shape index (κ2) is 7.40. The summed E-state index contributed by atoms with van der Waals surface area (Å²) < 4.78 is 0. The van der Waals surface area contributed by atoms with Crippen molar-refractivity contribution in [2.75, 3.05) is 5.32 Å². The van der Waals surface area contributed by atoms with Crippen LogP contribution in [0.4, 0.5) is 5.69 Å². The number of Topliss-reactive ketones (excluding diaryl/α,β-unsaturated/α-hetero) is 1. The first-order valence-electron chi connectivity index (χ1n) is 8.86. The quantitative estimate of drug-likeness (QED) is 0.430. The SMILES string of the molecule is Cc1ccc2c(c1)/C(=N/N=C(\C(=O)c1ccccc1)c1ccccc1)C(=O)N2. The highest BCUT2D eigenvalue weighted by molar-refractivity contribution is 6.54. The fourth-order valence-corrected chi connectivity index (χ4v) is 3.02. The molecule has 0 aliphatic carbocycles. The Morgan fingerprint density at radius 1 is 0.857 bits per heavy atom. The molecular weight excluding hydrogens is 350 g/mol. The van der Waals surface area contributed by atoms with Gasteiger partial charge in [-0.2, -0.15) is 0 Å². The Kier molecular flexibility index (Phi) is 4.64. The third kappa shape index (κ3) is 3.38. The van der Waals surface area contributed by atoms with Gasteiger partial charge in [-0.05, 0) is 19.1 Å². The van der Waals surface area contributed by atoms with Crippen molar-refractivity contribution in [2.45, 2.75) is 6.92 Å². The highest BCUT2D eigenvalue weighted by Crippen LogP contribution is 2.24. The maximum atomic E-state index is 13.0. The average molecular weight is 367 g/mol. The molecule has 4 rings (SSSR count). The molecule has 1 aliphatic rings. The monoisotopic (exact) mass is 367 g/mol. The van der Waals surface area contributed by atoms with E-state index in [0.29, 0.717) is 22.4 Å². The molecule has 136 valence electrons. The summed E-state index contributed by atoms with van der Waals surface area (Å²) in [6, 6.07) is 23.7. The Balaban J connectivity index is 1.81. The Morgan fingerprint density at radius 3 is 2.18 bits per heavy atom. The zero-order valence-electron chi connectivity index (χ0n) is 15.2. The van der Waals surface area contributed by atoms with Crippen molar-refractivity contribution < 1.29 is 9.59 Å². The van der Waals surface area contributed by atoms with E-state index >= 15 is 0 Å². The van der Waals surface area contributed by atoms with Crippen molar-refractivity contribution in [2.24, 2.45) is 10.2 Å². The number of hydrogen-bond acceptors (Lipinski definition) is 4. The zero-order chi connectivity index (χ0) is 19.5. The van der Waals surface area contributed by atoms with Gasteiger partial charge in [0.2, 0.25) is 5.78 Å². The van der Waals surface area contributed by atoms with Crippen molar-refractivity contribution in [1.29, 1.82) is 0 Å². The predicted octanol–water partition coefficient (Wildman–Crippen LogP) is 4.02. The molecule has 0 saturated heterocycles. The first kappa shape index (κ1) is 17.5. The zero-order valence-corrected chi connectivity index (χ0v) is 15.2. The highest BCUT2D eigenvalue weighted by atomic mass is 16.2. The lowest BCUT2D eigenvalue weighted by Gasteiger charge is -2.05. The summed E-state index contributed by atoms with van der Waals surface area (Å²) >= 11 is 0. The Morgan fingerprint density at radius 2 is 1.50 bits per heavy atom. The van der Waals surface area contributed by atoms with Crippen molar-refractivity contribution in [3.8, 4) is 0 Å². The van der Waals surface area contributed by atoms with E-state index in [1.807, 2.05) is 49.4 Å². The molecule has 0 unspecified atom stereocenters. The number of nitrogens with zero attached hydrogens (tertiary/aromatic N) is 2. The molecule has 5 nitrogen and oxygen atoms in total. The number of ketones is 1. The second-order valence-electron chi connectivity index (χ2n) is 6.46. The van der Waals surface area contributed by atoms with Gasteiger partial charge < -0.3 is 5.32 Å². The first-order chi connectivity index (χ1) is 13.6. The molecule has 1 heterocycles. The third-order valence-electron chi connectivity index (χ3n) is 4.44. The second-order valence-corrected chi connectivity index (χ2v) is 6.46. The molecule has 1 amide bonds. The van der Waals surface area contributed by atoms with Crippen LogP contribution in [0.3, 0.4) is 0 Å². The summed E-state index contributed by atoms with van der Waals surface area (Å²) in [5.74, 6) is -0.581. The van der Waals surface area contributed by atoms with Gasteiger partial charge in [0, 0.05) is 16.7 Å². The molecule has 0 fully saturated rings. The minimum Gasteiger partial charge on any atom is -0.320 e. The number of benzene rings is 3. The van der Waals surface area contributed by atoms with Crippen LogP contribution in [0.5, 0.6) is 0 Å². The lowest BCUT2D eigenvalue weighted by Crippen LogP contribution is -2.17. The van der Waals surface area contributed by atoms with Crippen molar-refractivity contribution in [3.05, 3.63) is 101 Å². The van der Waals surface area contributed by atoms with Gasteiger partial charge in [0.05, 0.1) is 5.69 Å². The van der Waals surface area contributed by atoms with Crippen LogP contribution in [0.15, 0.2) is 89.1 Å². The van der Waals surface area contributed by atoms with Crippen LogP contribution in [-0.4, -0.2) is 23.1 Å². The van der Waals surface area contributed by atoms with Crippen LogP contribution in [0.2, 0.25) is 0 Å². The molecule has 0 aromatic heterocycles. The van der Waals surface area contributed by atoms with E-state index in [2.05, 4.69) is 15.5 Å². The minimum absolute atomic E-state index is 0.188. The first-order valence-corrected chi connectivity index (χ1v) is 8.86. The number of aryl methyl sites for hydroxylation is 1. The molecule has 0 atom stereocenters. The lowest BCUT2D eigenvalue weighted by atomic mass is 10.0. The number of anilines is 1. The predicted molar refractivity (Wildman–Crippen MR) is 110 cm³/mol. The van der Waals surface area contributed by atoms with E-state index < -0.39 is 0 Å². The van der Waals surface area contributed by atoms with E-state index in [0.717, 1.165) is 5.56 Å². The molecule has 3 aromatic rings. The maximum Gasteiger partial charge on any atom is 0.276 e. The fraction of sp³-hybridized carbons (Fsp3) is 0.0435. The summed E-state index contributed by atoms with van der Waals surface area (Å²) in [5, 5.41) is 11.2. The van der Waals surface area contributed by atoms with Crippen LogP contribution in [0, 0.1) is 6.92 Å². The minimum atomic E-state index is -0.330. The summed E-state index contributed by atoms with van der Waals surface area (Å²) in [5.41, 5.74) is 3.94. The van der Waals surface area contributed by atoms with Crippen LogP contribution < -0.4 is 5.32 Å². The third-order valence-corrected chi connectivity index (χ3v) is 4.44. The Hall–Kier alpha value is -3.86. The van der Waals surface area contributed by atoms with Gasteiger partial charge in [-0.3, -0.25) is 9.59 Å². The molecule has 5 heteroatoms. The molecule has 1 N–H and O–H groups in total. The topological polar surface area (TPSA) is 70.9 Å². The standard InChI is InChI=1S/C23H17N3O2/c1-15-12-13-19-18(14-15)21(23(28)24-19)26-25-20(16-8-4-2-5-9-16)22(27)17-10-6-3-7-11-17/h2-14H,1H3,(H,24,26,28)/b25-20-. The van der Waals surface area contributed by atoms with Crippen LogP contribution >= 0.6 is 0 Å². The molecular formula is C23H17N3O2. The average Bonchev–Trinajstić information content (AvgIpc) is 3.04. The highest BCUT2D eigenvalue weighted by Gasteiger charge is 2.26. The van der Waals surface area contributed by atoms with Crippen LogP contribution in [0.25, 0.3) is 0 Å². The lowest BCUT2D eigenvalue weighted by molar-refractivity contribution is -0.110. The van der Waals surface area contributed by atoms with Gasteiger partial charge in [-0.1, -0.05) is 72.3 Å². The van der Waals surface area contributed by atoms with Crippen LogP contribution in [-0.2, 0) is 4.79 Å². The summed E-state index contributed by atoms with van der Waals surface area (Å²) in [6.45, 7) is 1.94. The number of carbonyl (C=O) groups is 2. The molecule has 28 heavy (non-hydrogen) atoms. The molecule has 0 spiro atoms. The number of nitrogens with one attached hydrogen (secondary N) is 1. The fourth-order valence-electron chi connectivity index (χ4n) is 3.02. The van der Waals surface area contributed by atoms with Gasteiger partial charge in [0.15, 0.2) is 5.71 Å². The van der Waals surface area contributed by atoms with E-state index in [1.165, 1.54) is 0 Å². The maximum absolute atomic E-state index is 13.0. The number of amides is 1. The van der Waals surface area contributed by atoms with E-state index in [1.54, 1.807) is 36.4 Å². The van der Waals surface area contributed by atoms with E-state index in [4.69, 9.17) is 0 Å². The number of fused-ring (bicyclic) bond motifs is 1. The van der Waals surface area contributed by atoms with Gasteiger partial charge in [-0.15, -0.1) is 10.2 Å². The van der Waals surface area contributed by atoms with Gasteiger partial charge in [0.1, 0.15) is 5.71 Å². The summed E-state index contributed by atoms with van der Waals surface area (Å²) in [7, 11) is 0. The van der Waals surface area contributed by atoms with E-state index in [-0.39, 0.29) is 23.1 Å². The Bertz CT molecular complexity index is 1120. The van der Waals surface area contributed by atoms with Gasteiger partial charge in [-0.25, -0.2) is 0 Å². The molecule has 0 radical (unpaired) electrons.